The summed E-state index contributed by atoms with van der Waals surface area (Å²) in [5.74, 6) is 1.05. The molecule has 4 heteroatoms. The molecular weight excluding hydrogens is 316 g/mol. The molecule has 130 valence electrons. The predicted octanol–water partition coefficient (Wildman–Crippen LogP) is 4.12. The zero-order valence-corrected chi connectivity index (χ0v) is 15.4. The summed E-state index contributed by atoms with van der Waals surface area (Å²) in [5.41, 5.74) is 1.33. The van der Waals surface area contributed by atoms with Crippen molar-refractivity contribution in [2.45, 2.75) is 31.8 Å². The maximum absolute atomic E-state index is 6.46. The molecule has 1 saturated heterocycles. The first kappa shape index (κ1) is 17.5. The van der Waals surface area contributed by atoms with Gasteiger partial charge < -0.3 is 15.0 Å². The largest absolute Gasteiger partial charge is 0.485 e. The third-order valence-corrected chi connectivity index (χ3v) is 5.62. The van der Waals surface area contributed by atoms with Crippen LogP contribution in [0.1, 0.15) is 35.8 Å². The van der Waals surface area contributed by atoms with Crippen molar-refractivity contribution < 1.29 is 4.74 Å². The lowest BCUT2D eigenvalue weighted by Gasteiger charge is -2.21. The molecule has 1 unspecified atom stereocenters. The lowest BCUT2D eigenvalue weighted by Crippen LogP contribution is -2.22. The Balaban J connectivity index is 1.67. The standard InChI is InChI=1S/C20H28N2OS/c1-21-12-10-19(20-9-6-16-24-20)23-18-8-3-2-7-17(18)11-15-22-13-4-5-14-22/h2-3,6-9,16,19,21H,4-5,10-15H2,1H3. The summed E-state index contributed by atoms with van der Waals surface area (Å²) in [5, 5.41) is 5.37. The van der Waals surface area contributed by atoms with Crippen molar-refractivity contribution >= 4 is 11.3 Å². The fourth-order valence-electron chi connectivity index (χ4n) is 3.27. The SMILES string of the molecule is CNCCC(Oc1ccccc1CCN1CCCC1)c1cccs1. The topological polar surface area (TPSA) is 24.5 Å². The number of thiophene rings is 1. The number of rotatable bonds is 9. The van der Waals surface area contributed by atoms with E-state index >= 15 is 0 Å². The zero-order valence-electron chi connectivity index (χ0n) is 14.5. The Kier molecular flexibility index (Phi) is 6.70. The van der Waals surface area contributed by atoms with Gasteiger partial charge >= 0.3 is 0 Å². The lowest BCUT2D eigenvalue weighted by molar-refractivity contribution is 0.196. The second-order valence-corrected chi connectivity index (χ2v) is 7.40. The van der Waals surface area contributed by atoms with Gasteiger partial charge in [-0.15, -0.1) is 11.3 Å². The number of hydrogen-bond acceptors (Lipinski definition) is 4. The van der Waals surface area contributed by atoms with Crippen molar-refractivity contribution in [1.29, 1.82) is 0 Å². The van der Waals surface area contributed by atoms with Gasteiger partial charge in [0.05, 0.1) is 0 Å². The molecule has 0 aliphatic carbocycles. The molecule has 1 N–H and O–H groups in total. The van der Waals surface area contributed by atoms with Crippen LogP contribution in [0.15, 0.2) is 41.8 Å². The lowest BCUT2D eigenvalue weighted by atomic mass is 10.1. The molecule has 2 heterocycles. The minimum atomic E-state index is 0.130. The van der Waals surface area contributed by atoms with Crippen LogP contribution >= 0.6 is 11.3 Å². The average Bonchev–Trinajstić information content (AvgIpc) is 3.31. The summed E-state index contributed by atoms with van der Waals surface area (Å²) in [7, 11) is 2.00. The fourth-order valence-corrected chi connectivity index (χ4v) is 4.06. The summed E-state index contributed by atoms with van der Waals surface area (Å²) >= 11 is 1.78. The molecule has 1 fully saturated rings. The number of para-hydroxylation sites is 1. The minimum Gasteiger partial charge on any atom is -0.485 e. The molecule has 1 aliphatic rings. The van der Waals surface area contributed by atoms with Crippen LogP contribution < -0.4 is 10.1 Å². The number of nitrogens with zero attached hydrogens (tertiary/aromatic N) is 1. The van der Waals surface area contributed by atoms with Crippen LogP contribution in [0.3, 0.4) is 0 Å². The predicted molar refractivity (Wildman–Crippen MR) is 102 cm³/mol. The molecule has 0 radical (unpaired) electrons. The van der Waals surface area contributed by atoms with E-state index in [2.05, 4.69) is 52.0 Å². The highest BCUT2D eigenvalue weighted by molar-refractivity contribution is 7.10. The Morgan fingerprint density at radius 1 is 1.17 bits per heavy atom. The van der Waals surface area contributed by atoms with Gasteiger partial charge in [-0.2, -0.15) is 0 Å². The Hall–Kier alpha value is -1.36. The van der Waals surface area contributed by atoms with E-state index in [4.69, 9.17) is 4.74 Å². The molecule has 1 aromatic carbocycles. The minimum absolute atomic E-state index is 0.130. The number of likely N-dealkylation sites (tertiary alicyclic amines) is 1. The normalized spacial score (nSPS) is 16.4. The monoisotopic (exact) mass is 344 g/mol. The van der Waals surface area contributed by atoms with Gasteiger partial charge in [-0.05, 0) is 69.0 Å². The summed E-state index contributed by atoms with van der Waals surface area (Å²) in [6.45, 7) is 4.60. The molecule has 2 aromatic rings. The molecule has 1 aliphatic heterocycles. The molecule has 3 nitrogen and oxygen atoms in total. The molecule has 1 atom stereocenters. The van der Waals surface area contributed by atoms with E-state index in [0.717, 1.165) is 31.7 Å². The van der Waals surface area contributed by atoms with E-state index in [1.54, 1.807) is 11.3 Å². The second kappa shape index (κ2) is 9.21. The summed E-state index contributed by atoms with van der Waals surface area (Å²) in [6.07, 6.45) is 4.88. The zero-order chi connectivity index (χ0) is 16.6. The Bertz CT molecular complexity index is 593. The highest BCUT2D eigenvalue weighted by Gasteiger charge is 2.17. The van der Waals surface area contributed by atoms with Gasteiger partial charge in [-0.1, -0.05) is 24.3 Å². The highest BCUT2D eigenvalue weighted by Crippen LogP contribution is 2.30. The number of ether oxygens (including phenoxy) is 1. The fraction of sp³-hybridized carbons (Fsp3) is 0.500. The van der Waals surface area contributed by atoms with Crippen LogP contribution in [0.25, 0.3) is 0 Å². The van der Waals surface area contributed by atoms with E-state index in [-0.39, 0.29) is 6.10 Å². The molecule has 0 bridgehead atoms. The average molecular weight is 345 g/mol. The van der Waals surface area contributed by atoms with E-state index in [1.165, 1.54) is 36.4 Å². The first-order valence-corrected chi connectivity index (χ1v) is 9.89. The van der Waals surface area contributed by atoms with Crippen molar-refractivity contribution in [1.82, 2.24) is 10.2 Å². The van der Waals surface area contributed by atoms with E-state index < -0.39 is 0 Å². The first-order valence-electron chi connectivity index (χ1n) is 9.02. The number of benzene rings is 1. The van der Waals surface area contributed by atoms with Crippen LogP contribution in [0.5, 0.6) is 5.75 Å². The van der Waals surface area contributed by atoms with Gasteiger partial charge in [-0.3, -0.25) is 0 Å². The third-order valence-electron chi connectivity index (χ3n) is 4.65. The van der Waals surface area contributed by atoms with Gasteiger partial charge in [0.1, 0.15) is 11.9 Å². The van der Waals surface area contributed by atoms with Crippen LogP contribution in [-0.4, -0.2) is 38.1 Å². The first-order chi connectivity index (χ1) is 11.9. The quantitative estimate of drug-likeness (QED) is 0.741. The third kappa shape index (κ3) is 4.82. The van der Waals surface area contributed by atoms with Gasteiger partial charge in [-0.25, -0.2) is 0 Å². The second-order valence-electron chi connectivity index (χ2n) is 6.42. The van der Waals surface area contributed by atoms with Gasteiger partial charge in [0.15, 0.2) is 0 Å². The Morgan fingerprint density at radius 2 is 2.00 bits per heavy atom. The van der Waals surface area contributed by atoms with Crippen molar-refractivity contribution in [3.8, 4) is 5.75 Å². The highest BCUT2D eigenvalue weighted by atomic mass is 32.1. The Morgan fingerprint density at radius 3 is 2.75 bits per heavy atom. The molecule has 0 spiro atoms. The van der Waals surface area contributed by atoms with Crippen LogP contribution in [-0.2, 0) is 6.42 Å². The molecule has 1 aromatic heterocycles. The van der Waals surface area contributed by atoms with Crippen molar-refractivity contribution in [3.63, 3.8) is 0 Å². The maximum atomic E-state index is 6.46. The molecule has 24 heavy (non-hydrogen) atoms. The Labute approximate surface area is 149 Å². The number of hydrogen-bond donors (Lipinski definition) is 1. The van der Waals surface area contributed by atoms with Gasteiger partial charge in [0, 0.05) is 17.8 Å². The summed E-state index contributed by atoms with van der Waals surface area (Å²) < 4.78 is 6.46. The van der Waals surface area contributed by atoms with Crippen LogP contribution in [0.2, 0.25) is 0 Å². The van der Waals surface area contributed by atoms with E-state index in [9.17, 15) is 0 Å². The van der Waals surface area contributed by atoms with Gasteiger partial charge in [0.25, 0.3) is 0 Å². The van der Waals surface area contributed by atoms with Crippen molar-refractivity contribution in [2.75, 3.05) is 33.2 Å². The van der Waals surface area contributed by atoms with Crippen molar-refractivity contribution in [3.05, 3.63) is 52.2 Å². The van der Waals surface area contributed by atoms with Gasteiger partial charge in [0.2, 0.25) is 0 Å². The maximum Gasteiger partial charge on any atom is 0.134 e. The molecule has 0 amide bonds. The molecule has 0 saturated carbocycles. The summed E-state index contributed by atoms with van der Waals surface area (Å²) in [6, 6.07) is 12.8. The van der Waals surface area contributed by atoms with Crippen LogP contribution in [0, 0.1) is 0 Å². The number of nitrogens with one attached hydrogen (secondary N) is 1. The van der Waals surface area contributed by atoms with Crippen LogP contribution in [0.4, 0.5) is 0 Å². The van der Waals surface area contributed by atoms with E-state index in [1.807, 2.05) is 7.05 Å². The summed E-state index contributed by atoms with van der Waals surface area (Å²) in [4.78, 5) is 3.87. The van der Waals surface area contributed by atoms with E-state index in [0.29, 0.717) is 0 Å². The molecular formula is C20H28N2OS. The van der Waals surface area contributed by atoms with Crippen molar-refractivity contribution in [2.24, 2.45) is 0 Å². The molecule has 3 rings (SSSR count). The smallest absolute Gasteiger partial charge is 0.134 e.